The van der Waals surface area contributed by atoms with Gasteiger partial charge in [0.15, 0.2) is 0 Å². The van der Waals surface area contributed by atoms with Gasteiger partial charge in [0, 0.05) is 4.47 Å². The second kappa shape index (κ2) is 5.05. The summed E-state index contributed by atoms with van der Waals surface area (Å²) in [6.07, 6.45) is 0. The van der Waals surface area contributed by atoms with Crippen LogP contribution in [0, 0.1) is 0 Å². The Balaban J connectivity index is 2.27. The molecule has 2 aromatic carbocycles. The molecule has 1 unspecified atom stereocenters. The summed E-state index contributed by atoms with van der Waals surface area (Å²) >= 11 is 3.27. The lowest BCUT2D eigenvalue weighted by atomic mass is 10.3. The molecule has 2 rings (SSSR count). The molecule has 0 aliphatic heterocycles. The van der Waals surface area contributed by atoms with E-state index in [9.17, 15) is 9.46 Å². The zero-order chi connectivity index (χ0) is 12.3. The molecule has 0 spiro atoms. The molecule has 0 bridgehead atoms. The summed E-state index contributed by atoms with van der Waals surface area (Å²) in [5.74, 6) is 0.356. The predicted octanol–water partition coefficient (Wildman–Crippen LogP) is 3.34. The molecule has 1 atom stereocenters. The Morgan fingerprint density at radius 2 is 1.76 bits per heavy atom. The molecule has 0 aromatic heterocycles. The first-order chi connectivity index (χ1) is 8.08. The van der Waals surface area contributed by atoms with Crippen LogP contribution in [0.1, 0.15) is 0 Å². The molecule has 0 aliphatic carbocycles. The molecule has 3 nitrogen and oxygen atoms in total. The van der Waals surface area contributed by atoms with E-state index in [1.807, 2.05) is 6.07 Å². The fraction of sp³-hybridized carbons (Fsp3) is 0. The first-order valence-electron chi connectivity index (χ1n) is 4.91. The molecule has 0 heterocycles. The monoisotopic (exact) mass is 312 g/mol. The highest BCUT2D eigenvalue weighted by atomic mass is 79.9. The smallest absolute Gasteiger partial charge is 0.408 e. The summed E-state index contributed by atoms with van der Waals surface area (Å²) in [5, 5.41) is 0.278. The summed E-state index contributed by atoms with van der Waals surface area (Å²) in [6.45, 7) is 0. The standard InChI is InChI=1S/C12H10BrO3P/c13-10-5-4-6-11(9-10)16-17(14,15)12-7-2-1-3-8-12/h1-9H,(H,14,15). The maximum absolute atomic E-state index is 12.0. The fourth-order valence-electron chi connectivity index (χ4n) is 1.34. The largest absolute Gasteiger partial charge is 0.421 e. The lowest BCUT2D eigenvalue weighted by molar-refractivity contribution is 0.393. The van der Waals surface area contributed by atoms with Gasteiger partial charge in [-0.3, -0.25) is 0 Å². The first kappa shape index (κ1) is 12.4. The highest BCUT2D eigenvalue weighted by Gasteiger charge is 2.23. The van der Waals surface area contributed by atoms with Crippen LogP contribution in [0.4, 0.5) is 0 Å². The van der Waals surface area contributed by atoms with Crippen molar-refractivity contribution in [1.29, 1.82) is 0 Å². The Labute approximate surface area is 108 Å². The van der Waals surface area contributed by atoms with E-state index in [1.54, 1.807) is 48.5 Å². The van der Waals surface area contributed by atoms with Crippen LogP contribution >= 0.6 is 23.5 Å². The average Bonchev–Trinajstić information content (AvgIpc) is 2.29. The molecule has 0 saturated heterocycles. The van der Waals surface area contributed by atoms with Crippen molar-refractivity contribution in [3.05, 3.63) is 59.1 Å². The van der Waals surface area contributed by atoms with Gasteiger partial charge >= 0.3 is 7.60 Å². The Morgan fingerprint density at radius 1 is 1.06 bits per heavy atom. The van der Waals surface area contributed by atoms with Gasteiger partial charge in [0.05, 0.1) is 5.30 Å². The topological polar surface area (TPSA) is 46.5 Å². The summed E-state index contributed by atoms with van der Waals surface area (Å²) in [5.41, 5.74) is 0. The number of benzene rings is 2. The Kier molecular flexibility index (Phi) is 3.67. The third-order valence-electron chi connectivity index (χ3n) is 2.11. The van der Waals surface area contributed by atoms with Crippen LogP contribution in [0.15, 0.2) is 59.1 Å². The van der Waals surface area contributed by atoms with E-state index in [4.69, 9.17) is 4.52 Å². The van der Waals surface area contributed by atoms with Crippen LogP contribution in [0.3, 0.4) is 0 Å². The highest BCUT2D eigenvalue weighted by molar-refractivity contribution is 9.10. The lowest BCUT2D eigenvalue weighted by Gasteiger charge is -2.13. The van der Waals surface area contributed by atoms with Crippen LogP contribution in [0.25, 0.3) is 0 Å². The van der Waals surface area contributed by atoms with Crippen molar-refractivity contribution in [2.75, 3.05) is 0 Å². The average molecular weight is 313 g/mol. The van der Waals surface area contributed by atoms with E-state index in [0.717, 1.165) is 4.47 Å². The van der Waals surface area contributed by atoms with Crippen molar-refractivity contribution >= 4 is 28.8 Å². The van der Waals surface area contributed by atoms with E-state index in [1.165, 1.54) is 0 Å². The van der Waals surface area contributed by atoms with Crippen LogP contribution in [-0.2, 0) is 4.57 Å². The van der Waals surface area contributed by atoms with Crippen molar-refractivity contribution in [3.8, 4) is 5.75 Å². The summed E-state index contributed by atoms with van der Waals surface area (Å²) in [6, 6.07) is 15.1. The van der Waals surface area contributed by atoms with Gasteiger partial charge in [0.2, 0.25) is 0 Å². The second-order valence-corrected chi connectivity index (χ2v) is 6.06. The Hall–Kier alpha value is -1.09. The van der Waals surface area contributed by atoms with E-state index < -0.39 is 7.60 Å². The maximum Gasteiger partial charge on any atom is 0.408 e. The molecule has 0 saturated carbocycles. The number of halogens is 1. The van der Waals surface area contributed by atoms with Crippen LogP contribution in [-0.4, -0.2) is 4.89 Å². The van der Waals surface area contributed by atoms with Crippen LogP contribution in [0.5, 0.6) is 5.75 Å². The normalized spacial score (nSPS) is 14.0. The third-order valence-corrected chi connectivity index (χ3v) is 4.01. The van der Waals surface area contributed by atoms with Gasteiger partial charge in [-0.2, -0.15) is 0 Å². The second-order valence-electron chi connectivity index (χ2n) is 3.40. The van der Waals surface area contributed by atoms with Crippen molar-refractivity contribution in [1.82, 2.24) is 0 Å². The zero-order valence-electron chi connectivity index (χ0n) is 8.79. The van der Waals surface area contributed by atoms with Gasteiger partial charge in [0.25, 0.3) is 0 Å². The maximum atomic E-state index is 12.0. The minimum Gasteiger partial charge on any atom is -0.421 e. The molecule has 0 amide bonds. The van der Waals surface area contributed by atoms with Crippen molar-refractivity contribution in [2.45, 2.75) is 0 Å². The first-order valence-corrected chi connectivity index (χ1v) is 7.28. The SMILES string of the molecule is O=P(O)(Oc1cccc(Br)c1)c1ccccc1. The van der Waals surface area contributed by atoms with Gasteiger partial charge in [0.1, 0.15) is 5.75 Å². The summed E-state index contributed by atoms with van der Waals surface area (Å²) < 4.78 is 18.0. The lowest BCUT2D eigenvalue weighted by Crippen LogP contribution is -2.08. The van der Waals surface area contributed by atoms with Crippen LogP contribution in [0.2, 0.25) is 0 Å². The number of hydrogen-bond donors (Lipinski definition) is 1. The highest BCUT2D eigenvalue weighted by Crippen LogP contribution is 2.41. The van der Waals surface area contributed by atoms with Crippen LogP contribution < -0.4 is 9.83 Å². The molecule has 17 heavy (non-hydrogen) atoms. The van der Waals surface area contributed by atoms with E-state index in [2.05, 4.69) is 15.9 Å². The molecule has 2 aromatic rings. The molecule has 0 aliphatic rings. The summed E-state index contributed by atoms with van der Waals surface area (Å²) in [7, 11) is -3.81. The van der Waals surface area contributed by atoms with Gasteiger partial charge < -0.3 is 9.42 Å². The van der Waals surface area contributed by atoms with Gasteiger partial charge in [-0.25, -0.2) is 4.57 Å². The number of hydrogen-bond acceptors (Lipinski definition) is 2. The van der Waals surface area contributed by atoms with Crippen molar-refractivity contribution in [3.63, 3.8) is 0 Å². The molecule has 0 radical (unpaired) electrons. The molecule has 1 N–H and O–H groups in total. The van der Waals surface area contributed by atoms with Crippen molar-refractivity contribution < 1.29 is 14.0 Å². The third kappa shape index (κ3) is 3.19. The van der Waals surface area contributed by atoms with Crippen molar-refractivity contribution in [2.24, 2.45) is 0 Å². The quantitative estimate of drug-likeness (QED) is 0.884. The molecular formula is C12H10BrO3P. The summed E-state index contributed by atoms with van der Waals surface area (Å²) in [4.78, 5) is 9.85. The zero-order valence-corrected chi connectivity index (χ0v) is 11.3. The number of rotatable bonds is 3. The van der Waals surface area contributed by atoms with E-state index in [-0.39, 0.29) is 5.30 Å². The van der Waals surface area contributed by atoms with Gasteiger partial charge in [-0.05, 0) is 30.3 Å². The van der Waals surface area contributed by atoms with Gasteiger partial charge in [-0.1, -0.05) is 40.2 Å². The molecule has 5 heteroatoms. The van der Waals surface area contributed by atoms with E-state index >= 15 is 0 Å². The molecule has 88 valence electrons. The predicted molar refractivity (Wildman–Crippen MR) is 70.7 cm³/mol. The fourth-order valence-corrected chi connectivity index (χ4v) is 2.77. The van der Waals surface area contributed by atoms with Gasteiger partial charge in [-0.15, -0.1) is 0 Å². The Morgan fingerprint density at radius 3 is 2.41 bits per heavy atom. The minimum atomic E-state index is -3.81. The molecule has 0 fully saturated rings. The Bertz CT molecular complexity index is 557. The molecular weight excluding hydrogens is 303 g/mol. The minimum absolute atomic E-state index is 0.278. The van der Waals surface area contributed by atoms with E-state index in [0.29, 0.717) is 5.75 Å².